The van der Waals surface area contributed by atoms with Gasteiger partial charge in [-0.05, 0) is 68.8 Å². The molecule has 2 unspecified atom stereocenters. The van der Waals surface area contributed by atoms with Gasteiger partial charge in [-0.1, -0.05) is 54.4 Å². The molecule has 152 valence electrons. The summed E-state index contributed by atoms with van der Waals surface area (Å²) in [5.74, 6) is 1.09. The van der Waals surface area contributed by atoms with Crippen LogP contribution in [0, 0.1) is 5.92 Å². The number of methoxy groups -OCH3 is 1. The second-order valence-corrected chi connectivity index (χ2v) is 7.92. The van der Waals surface area contributed by atoms with Crippen LogP contribution in [0.5, 0.6) is 5.75 Å². The number of nitrogens with zero attached hydrogens (tertiary/aromatic N) is 1. The highest BCUT2D eigenvalue weighted by atomic mass is 35.5. The van der Waals surface area contributed by atoms with Gasteiger partial charge in [0.05, 0.1) is 13.2 Å². The number of allylic oxidation sites excluding steroid dienone is 1. The van der Waals surface area contributed by atoms with Crippen LogP contribution in [0.25, 0.3) is 6.08 Å². The lowest BCUT2D eigenvalue weighted by Crippen LogP contribution is -2.26. The van der Waals surface area contributed by atoms with E-state index in [0.717, 1.165) is 49.1 Å². The minimum absolute atomic E-state index is 0.207. The minimum atomic E-state index is -0.466. The lowest BCUT2D eigenvalue weighted by molar-refractivity contribution is 0.0836. The predicted molar refractivity (Wildman–Crippen MR) is 119 cm³/mol. The molecule has 2 rings (SSSR count). The summed E-state index contributed by atoms with van der Waals surface area (Å²) in [7, 11) is 5.79. The highest BCUT2D eigenvalue weighted by Gasteiger charge is 2.21. The standard InChI is InChI=1S/C24H32ClNO2/c1-26(2)18-21(24(27)20-13-15-22(25)16-14-20)11-7-5-4-6-9-19-10-8-12-23(17-19)28-3/h6,8-10,12-17,21,24,27H,4-5,7,11,18H2,1-3H3. The maximum Gasteiger partial charge on any atom is 0.119 e. The van der Waals surface area contributed by atoms with Gasteiger partial charge in [0, 0.05) is 17.5 Å². The molecule has 0 saturated carbocycles. The summed E-state index contributed by atoms with van der Waals surface area (Å²) in [5.41, 5.74) is 2.09. The van der Waals surface area contributed by atoms with Gasteiger partial charge in [-0.2, -0.15) is 0 Å². The Balaban J connectivity index is 1.82. The van der Waals surface area contributed by atoms with Crippen molar-refractivity contribution in [1.29, 1.82) is 0 Å². The fourth-order valence-electron chi connectivity index (χ4n) is 3.38. The molecule has 0 aliphatic rings. The van der Waals surface area contributed by atoms with E-state index in [1.165, 1.54) is 0 Å². The Labute approximate surface area is 174 Å². The molecule has 0 radical (unpaired) electrons. The third kappa shape index (κ3) is 7.67. The average molecular weight is 402 g/mol. The maximum atomic E-state index is 10.8. The minimum Gasteiger partial charge on any atom is -0.497 e. The van der Waals surface area contributed by atoms with Crippen molar-refractivity contribution >= 4 is 17.7 Å². The van der Waals surface area contributed by atoms with Gasteiger partial charge in [0.25, 0.3) is 0 Å². The lowest BCUT2D eigenvalue weighted by atomic mass is 9.90. The summed E-state index contributed by atoms with van der Waals surface area (Å²) in [6, 6.07) is 15.6. The normalized spacial score (nSPS) is 13.8. The molecule has 0 aliphatic heterocycles. The first-order valence-corrected chi connectivity index (χ1v) is 10.3. The molecule has 0 aliphatic carbocycles. The smallest absolute Gasteiger partial charge is 0.119 e. The van der Waals surface area contributed by atoms with Gasteiger partial charge in [0.15, 0.2) is 0 Å². The molecule has 0 amide bonds. The van der Waals surface area contributed by atoms with E-state index in [2.05, 4.69) is 37.2 Å². The highest BCUT2D eigenvalue weighted by molar-refractivity contribution is 6.30. The van der Waals surface area contributed by atoms with Crippen molar-refractivity contribution in [3.05, 3.63) is 70.8 Å². The van der Waals surface area contributed by atoms with Crippen LogP contribution in [0.3, 0.4) is 0 Å². The number of halogens is 1. The molecule has 2 aromatic rings. The van der Waals surface area contributed by atoms with Crippen molar-refractivity contribution in [2.45, 2.75) is 31.8 Å². The largest absolute Gasteiger partial charge is 0.497 e. The molecule has 0 spiro atoms. The van der Waals surface area contributed by atoms with Gasteiger partial charge in [-0.3, -0.25) is 0 Å². The molecule has 0 bridgehead atoms. The van der Waals surface area contributed by atoms with Crippen molar-refractivity contribution in [2.24, 2.45) is 5.92 Å². The number of rotatable bonds is 11. The quantitative estimate of drug-likeness (QED) is 0.480. The Morgan fingerprint density at radius 3 is 2.54 bits per heavy atom. The Morgan fingerprint density at radius 2 is 1.86 bits per heavy atom. The molecule has 2 atom stereocenters. The van der Waals surface area contributed by atoms with Gasteiger partial charge in [0.2, 0.25) is 0 Å². The summed E-state index contributed by atoms with van der Waals surface area (Å²) in [6.45, 7) is 0.865. The molecule has 0 aromatic heterocycles. The van der Waals surface area contributed by atoms with E-state index >= 15 is 0 Å². The Bertz CT molecular complexity index is 728. The van der Waals surface area contributed by atoms with Gasteiger partial charge in [-0.15, -0.1) is 0 Å². The van der Waals surface area contributed by atoms with E-state index in [4.69, 9.17) is 16.3 Å². The van der Waals surface area contributed by atoms with E-state index in [-0.39, 0.29) is 5.92 Å². The Hall–Kier alpha value is -1.81. The van der Waals surface area contributed by atoms with Crippen LogP contribution in [0.4, 0.5) is 0 Å². The second-order valence-electron chi connectivity index (χ2n) is 7.48. The van der Waals surface area contributed by atoms with E-state index in [1.54, 1.807) is 7.11 Å². The van der Waals surface area contributed by atoms with Crippen LogP contribution in [0.1, 0.15) is 42.9 Å². The van der Waals surface area contributed by atoms with Crippen LogP contribution in [-0.2, 0) is 0 Å². The van der Waals surface area contributed by atoms with Crippen LogP contribution < -0.4 is 4.74 Å². The molecule has 0 fully saturated rings. The summed E-state index contributed by atoms with van der Waals surface area (Å²) in [5, 5.41) is 11.5. The lowest BCUT2D eigenvalue weighted by Gasteiger charge is -2.26. The van der Waals surface area contributed by atoms with Crippen LogP contribution in [0.2, 0.25) is 5.02 Å². The number of aliphatic hydroxyl groups is 1. The monoisotopic (exact) mass is 401 g/mol. The van der Waals surface area contributed by atoms with Crippen molar-refractivity contribution in [1.82, 2.24) is 4.90 Å². The van der Waals surface area contributed by atoms with E-state index < -0.39 is 6.10 Å². The first kappa shape index (κ1) is 22.5. The van der Waals surface area contributed by atoms with Crippen LogP contribution in [-0.4, -0.2) is 37.8 Å². The fraction of sp³-hybridized carbons (Fsp3) is 0.417. The van der Waals surface area contributed by atoms with Crippen LogP contribution >= 0.6 is 11.6 Å². The number of hydrogen-bond acceptors (Lipinski definition) is 3. The average Bonchev–Trinajstić information content (AvgIpc) is 2.69. The summed E-state index contributed by atoms with van der Waals surface area (Å²) in [6.07, 6.45) is 8.11. The Morgan fingerprint density at radius 1 is 1.11 bits per heavy atom. The zero-order valence-electron chi connectivity index (χ0n) is 17.1. The topological polar surface area (TPSA) is 32.7 Å². The van der Waals surface area contributed by atoms with Gasteiger partial charge >= 0.3 is 0 Å². The second kappa shape index (κ2) is 11.9. The zero-order chi connectivity index (χ0) is 20.4. The highest BCUT2D eigenvalue weighted by Crippen LogP contribution is 2.28. The SMILES string of the molecule is COc1cccc(C=CCCCCC(CN(C)C)C(O)c2ccc(Cl)cc2)c1. The molecule has 4 heteroatoms. The van der Waals surface area contributed by atoms with E-state index in [1.807, 2.05) is 42.5 Å². The molecule has 0 heterocycles. The third-order valence-corrected chi connectivity index (χ3v) is 5.11. The number of unbranched alkanes of at least 4 members (excludes halogenated alkanes) is 2. The summed E-state index contributed by atoms with van der Waals surface area (Å²) in [4.78, 5) is 2.15. The van der Waals surface area contributed by atoms with Crippen molar-refractivity contribution in [3.8, 4) is 5.75 Å². The third-order valence-electron chi connectivity index (χ3n) is 4.86. The number of hydrogen-bond donors (Lipinski definition) is 1. The zero-order valence-corrected chi connectivity index (χ0v) is 17.9. The molecule has 2 aromatic carbocycles. The van der Waals surface area contributed by atoms with Crippen molar-refractivity contribution in [2.75, 3.05) is 27.7 Å². The number of ether oxygens (including phenoxy) is 1. The maximum absolute atomic E-state index is 10.8. The van der Waals surface area contributed by atoms with Gasteiger partial charge in [-0.25, -0.2) is 0 Å². The Kier molecular flexibility index (Phi) is 9.56. The first-order chi connectivity index (χ1) is 13.5. The number of benzene rings is 2. The predicted octanol–water partition coefficient (Wildman–Crippen LogP) is 5.83. The van der Waals surface area contributed by atoms with Crippen LogP contribution in [0.15, 0.2) is 54.6 Å². The van der Waals surface area contributed by atoms with Crippen molar-refractivity contribution in [3.63, 3.8) is 0 Å². The van der Waals surface area contributed by atoms with Crippen molar-refractivity contribution < 1.29 is 9.84 Å². The molecule has 1 N–H and O–H groups in total. The summed E-state index contributed by atoms with van der Waals surface area (Å²) < 4.78 is 5.25. The fourth-order valence-corrected chi connectivity index (χ4v) is 3.51. The van der Waals surface area contributed by atoms with E-state index in [9.17, 15) is 5.11 Å². The molecule has 3 nitrogen and oxygen atoms in total. The molecular formula is C24H32ClNO2. The summed E-state index contributed by atoms with van der Waals surface area (Å²) >= 11 is 5.97. The molecule has 28 heavy (non-hydrogen) atoms. The molecule has 0 saturated heterocycles. The number of aliphatic hydroxyl groups excluding tert-OH is 1. The first-order valence-electron chi connectivity index (χ1n) is 9.88. The van der Waals surface area contributed by atoms with Gasteiger partial charge in [0.1, 0.15) is 5.75 Å². The van der Waals surface area contributed by atoms with Gasteiger partial charge < -0.3 is 14.7 Å². The molecular weight excluding hydrogens is 370 g/mol. The van der Waals surface area contributed by atoms with E-state index in [0.29, 0.717) is 5.02 Å².